The van der Waals surface area contributed by atoms with Gasteiger partial charge < -0.3 is 14.2 Å². The molecule has 0 heterocycles. The third-order valence-corrected chi connectivity index (χ3v) is 13.3. The van der Waals surface area contributed by atoms with Crippen molar-refractivity contribution >= 4 is 17.9 Å². The Morgan fingerprint density at radius 1 is 0.290 bits per heavy atom. The molecule has 0 aromatic rings. The summed E-state index contributed by atoms with van der Waals surface area (Å²) < 4.78 is 16.9. The van der Waals surface area contributed by atoms with Crippen LogP contribution in [0.2, 0.25) is 0 Å². The Labute approximate surface area is 428 Å². The molecule has 0 bridgehead atoms. The van der Waals surface area contributed by atoms with E-state index in [2.05, 4.69) is 69.4 Å². The summed E-state index contributed by atoms with van der Waals surface area (Å²) in [6, 6.07) is 0. The molecule has 0 aromatic carbocycles. The van der Waals surface area contributed by atoms with Gasteiger partial charge in [-0.2, -0.15) is 0 Å². The molecular formula is C63H114O6. The van der Waals surface area contributed by atoms with Gasteiger partial charge in [0.05, 0.1) is 0 Å². The molecule has 0 aromatic heterocycles. The van der Waals surface area contributed by atoms with Crippen LogP contribution in [0.15, 0.2) is 48.6 Å². The first-order chi connectivity index (χ1) is 34.0. The van der Waals surface area contributed by atoms with Gasteiger partial charge in [0.15, 0.2) is 6.10 Å². The van der Waals surface area contributed by atoms with E-state index in [1.54, 1.807) is 0 Å². The maximum absolute atomic E-state index is 12.9. The van der Waals surface area contributed by atoms with Crippen molar-refractivity contribution in [1.29, 1.82) is 0 Å². The first kappa shape index (κ1) is 66.4. The van der Waals surface area contributed by atoms with Gasteiger partial charge in [-0.1, -0.05) is 268 Å². The van der Waals surface area contributed by atoms with E-state index < -0.39 is 6.10 Å². The minimum absolute atomic E-state index is 0.0871. The van der Waals surface area contributed by atoms with Crippen LogP contribution in [0.1, 0.15) is 316 Å². The van der Waals surface area contributed by atoms with Crippen molar-refractivity contribution in [3.63, 3.8) is 0 Å². The predicted octanol–water partition coefficient (Wildman–Crippen LogP) is 20.2. The van der Waals surface area contributed by atoms with Crippen LogP contribution in [0.4, 0.5) is 0 Å². The van der Waals surface area contributed by atoms with Gasteiger partial charge >= 0.3 is 17.9 Å². The van der Waals surface area contributed by atoms with E-state index in [1.165, 1.54) is 212 Å². The Kier molecular flexibility index (Phi) is 55.7. The highest BCUT2D eigenvalue weighted by molar-refractivity contribution is 5.71. The van der Waals surface area contributed by atoms with Crippen LogP contribution in [0.3, 0.4) is 0 Å². The fourth-order valence-corrected chi connectivity index (χ4v) is 8.75. The number of hydrogen-bond acceptors (Lipinski definition) is 6. The van der Waals surface area contributed by atoms with Crippen molar-refractivity contribution in [2.75, 3.05) is 13.2 Å². The van der Waals surface area contributed by atoms with Crippen LogP contribution in [0.25, 0.3) is 0 Å². The lowest BCUT2D eigenvalue weighted by molar-refractivity contribution is -0.167. The SMILES string of the molecule is CCCCCC/C=C\CCCCCCCCCC(=O)O[C@H](COC(=O)CCC/C=C\C/C=C\C/C=C\CCCCCCCC)COC(=O)CCCCCCCCCCCCCCCCCCCCC. The lowest BCUT2D eigenvalue weighted by Crippen LogP contribution is -2.30. The lowest BCUT2D eigenvalue weighted by atomic mass is 10.0. The maximum atomic E-state index is 12.9. The average molecular weight is 968 g/mol. The summed E-state index contributed by atoms with van der Waals surface area (Å²) in [6.45, 7) is 6.62. The van der Waals surface area contributed by atoms with E-state index in [0.29, 0.717) is 25.7 Å². The zero-order valence-electron chi connectivity index (χ0n) is 46.1. The third kappa shape index (κ3) is 56.2. The van der Waals surface area contributed by atoms with E-state index in [4.69, 9.17) is 14.2 Å². The van der Waals surface area contributed by atoms with E-state index in [1.807, 2.05) is 0 Å². The molecular weight excluding hydrogens is 853 g/mol. The molecule has 0 radical (unpaired) electrons. The minimum Gasteiger partial charge on any atom is -0.462 e. The first-order valence-corrected chi connectivity index (χ1v) is 30.1. The molecule has 0 aliphatic heterocycles. The van der Waals surface area contributed by atoms with Gasteiger partial charge in [0.1, 0.15) is 13.2 Å². The Balaban J connectivity index is 4.39. The molecule has 0 amide bonds. The summed E-state index contributed by atoms with van der Waals surface area (Å²) in [5.41, 5.74) is 0. The van der Waals surface area contributed by atoms with Crippen LogP contribution in [-0.2, 0) is 28.6 Å². The largest absolute Gasteiger partial charge is 0.462 e. The first-order valence-electron chi connectivity index (χ1n) is 30.1. The molecule has 0 unspecified atom stereocenters. The summed E-state index contributed by atoms with van der Waals surface area (Å²) in [5, 5.41) is 0. The molecule has 402 valence electrons. The number of ether oxygens (including phenoxy) is 3. The highest BCUT2D eigenvalue weighted by atomic mass is 16.6. The molecule has 0 N–H and O–H groups in total. The Morgan fingerprint density at radius 3 is 0.899 bits per heavy atom. The van der Waals surface area contributed by atoms with E-state index >= 15 is 0 Å². The Hall–Kier alpha value is -2.63. The number of carbonyl (C=O) groups excluding carboxylic acids is 3. The second-order valence-electron chi connectivity index (χ2n) is 20.3. The molecule has 69 heavy (non-hydrogen) atoms. The molecule has 0 aliphatic rings. The van der Waals surface area contributed by atoms with E-state index in [-0.39, 0.29) is 31.1 Å². The molecule has 0 rings (SSSR count). The Morgan fingerprint density at radius 2 is 0.536 bits per heavy atom. The molecule has 0 saturated heterocycles. The number of esters is 3. The van der Waals surface area contributed by atoms with E-state index in [0.717, 1.165) is 57.8 Å². The lowest BCUT2D eigenvalue weighted by Gasteiger charge is -2.18. The molecule has 0 fully saturated rings. The smallest absolute Gasteiger partial charge is 0.306 e. The topological polar surface area (TPSA) is 78.9 Å². The molecule has 0 spiro atoms. The number of rotatable bonds is 55. The quantitative estimate of drug-likeness (QED) is 0.0262. The normalized spacial score (nSPS) is 12.3. The van der Waals surface area contributed by atoms with Crippen LogP contribution in [0, 0.1) is 0 Å². The minimum atomic E-state index is -0.794. The molecule has 6 heteroatoms. The number of carbonyl (C=O) groups is 3. The number of unbranched alkanes of at least 4 members (excludes halogenated alkanes) is 36. The van der Waals surface area contributed by atoms with Crippen molar-refractivity contribution in [3.05, 3.63) is 48.6 Å². The number of allylic oxidation sites excluding steroid dienone is 8. The third-order valence-electron chi connectivity index (χ3n) is 13.3. The fourth-order valence-electron chi connectivity index (χ4n) is 8.75. The van der Waals surface area contributed by atoms with Crippen LogP contribution in [0.5, 0.6) is 0 Å². The second kappa shape index (κ2) is 57.9. The highest BCUT2D eigenvalue weighted by Crippen LogP contribution is 2.17. The zero-order chi connectivity index (χ0) is 50.0. The summed E-state index contributed by atoms with van der Waals surface area (Å²) in [6.07, 6.45) is 71.1. The van der Waals surface area contributed by atoms with Gasteiger partial charge in [0.25, 0.3) is 0 Å². The summed E-state index contributed by atoms with van der Waals surface area (Å²) in [7, 11) is 0. The monoisotopic (exact) mass is 967 g/mol. The summed E-state index contributed by atoms with van der Waals surface area (Å²) >= 11 is 0. The second-order valence-corrected chi connectivity index (χ2v) is 20.3. The molecule has 6 nitrogen and oxygen atoms in total. The van der Waals surface area contributed by atoms with Crippen molar-refractivity contribution in [2.24, 2.45) is 0 Å². The van der Waals surface area contributed by atoms with Crippen LogP contribution < -0.4 is 0 Å². The van der Waals surface area contributed by atoms with Gasteiger partial charge in [-0.05, 0) is 77.0 Å². The fraction of sp³-hybridized carbons (Fsp3) is 0.825. The summed E-state index contributed by atoms with van der Waals surface area (Å²) in [4.78, 5) is 38.2. The van der Waals surface area contributed by atoms with Crippen LogP contribution in [-0.4, -0.2) is 37.2 Å². The predicted molar refractivity (Wildman–Crippen MR) is 298 cm³/mol. The maximum Gasteiger partial charge on any atom is 0.306 e. The number of hydrogen-bond donors (Lipinski definition) is 0. The standard InChI is InChI=1S/C63H114O6/c1-4-7-10-13-16-19-22-25-28-30-31-33-36-38-41-44-47-50-53-56-62(65)68-59-60(69-63(66)57-54-51-48-45-42-39-34-27-24-21-18-15-12-9-6-3)58-67-61(64)55-52-49-46-43-40-37-35-32-29-26-23-20-17-14-11-8-5-2/h21,24,26,29,35,37,43,46,60H,4-20,22-23,25,27-28,30-34,36,38-42,44-45,47-59H2,1-3H3/b24-21-,29-26-,37-35-,46-43-/t60-/m1/s1. The average Bonchev–Trinajstić information content (AvgIpc) is 3.35. The Bertz CT molecular complexity index is 1200. The van der Waals surface area contributed by atoms with Gasteiger partial charge in [-0.25, -0.2) is 0 Å². The molecule has 0 aliphatic carbocycles. The van der Waals surface area contributed by atoms with Crippen molar-refractivity contribution in [2.45, 2.75) is 322 Å². The van der Waals surface area contributed by atoms with Crippen molar-refractivity contribution in [1.82, 2.24) is 0 Å². The van der Waals surface area contributed by atoms with Gasteiger partial charge in [0.2, 0.25) is 0 Å². The summed E-state index contributed by atoms with van der Waals surface area (Å²) in [5.74, 6) is -0.930. The van der Waals surface area contributed by atoms with Crippen molar-refractivity contribution in [3.8, 4) is 0 Å². The van der Waals surface area contributed by atoms with Crippen LogP contribution >= 0.6 is 0 Å². The van der Waals surface area contributed by atoms with Gasteiger partial charge in [0, 0.05) is 19.3 Å². The van der Waals surface area contributed by atoms with Crippen molar-refractivity contribution < 1.29 is 28.6 Å². The molecule has 0 saturated carbocycles. The zero-order valence-corrected chi connectivity index (χ0v) is 46.1. The van der Waals surface area contributed by atoms with Gasteiger partial charge in [-0.3, -0.25) is 14.4 Å². The van der Waals surface area contributed by atoms with E-state index in [9.17, 15) is 14.4 Å². The highest BCUT2D eigenvalue weighted by Gasteiger charge is 2.19. The molecule has 1 atom stereocenters. The van der Waals surface area contributed by atoms with Gasteiger partial charge in [-0.15, -0.1) is 0 Å².